The molecule has 23 heavy (non-hydrogen) atoms. The average molecular weight is 328 g/mol. The Kier molecular flexibility index (Phi) is 3.67. The largest absolute Gasteiger partial charge is 0.369 e. The van der Waals surface area contributed by atoms with Gasteiger partial charge in [0.15, 0.2) is 5.65 Å². The monoisotopic (exact) mass is 327 g/mol. The Morgan fingerprint density at radius 3 is 2.43 bits per heavy atom. The summed E-state index contributed by atoms with van der Waals surface area (Å²) in [4.78, 5) is 9.17. The third-order valence-corrected chi connectivity index (χ3v) is 4.56. The van der Waals surface area contributed by atoms with Crippen LogP contribution < -0.4 is 4.90 Å². The SMILES string of the molecule is CN1CCN(c2ccc(-c3cnc4ccc(Cl)nn34)cc2)CC1. The first-order valence-corrected chi connectivity index (χ1v) is 8.13. The van der Waals surface area contributed by atoms with Crippen LogP contribution in [0.2, 0.25) is 5.15 Å². The van der Waals surface area contributed by atoms with E-state index in [1.807, 2.05) is 12.3 Å². The van der Waals surface area contributed by atoms with Crippen molar-refractivity contribution in [3.8, 4) is 11.3 Å². The average Bonchev–Trinajstić information content (AvgIpc) is 2.99. The van der Waals surface area contributed by atoms with Crippen LogP contribution >= 0.6 is 11.6 Å². The van der Waals surface area contributed by atoms with Gasteiger partial charge in [0.25, 0.3) is 0 Å². The molecule has 0 saturated carbocycles. The van der Waals surface area contributed by atoms with E-state index in [0.29, 0.717) is 5.15 Å². The summed E-state index contributed by atoms with van der Waals surface area (Å²) in [6.07, 6.45) is 1.84. The second-order valence-electron chi connectivity index (χ2n) is 5.91. The normalized spacial score (nSPS) is 16.2. The Morgan fingerprint density at radius 2 is 1.70 bits per heavy atom. The van der Waals surface area contributed by atoms with Crippen molar-refractivity contribution in [3.05, 3.63) is 47.7 Å². The predicted molar refractivity (Wildman–Crippen MR) is 93.1 cm³/mol. The first kappa shape index (κ1) is 14.5. The standard InChI is InChI=1S/C17H18ClN5/c1-21-8-10-22(11-9-21)14-4-2-13(3-5-14)15-12-19-17-7-6-16(18)20-23(15)17/h2-7,12H,8-11H2,1H3. The van der Waals surface area contributed by atoms with Crippen LogP contribution in [0.4, 0.5) is 5.69 Å². The molecular weight excluding hydrogens is 310 g/mol. The predicted octanol–water partition coefficient (Wildman–Crippen LogP) is 2.80. The molecule has 0 spiro atoms. The minimum atomic E-state index is 0.464. The molecule has 0 N–H and O–H groups in total. The van der Waals surface area contributed by atoms with Crippen LogP contribution in [0.3, 0.4) is 0 Å². The molecule has 1 aliphatic heterocycles. The molecule has 1 aromatic carbocycles. The van der Waals surface area contributed by atoms with Crippen molar-refractivity contribution in [3.63, 3.8) is 0 Å². The number of anilines is 1. The summed E-state index contributed by atoms with van der Waals surface area (Å²) >= 11 is 6.00. The Bertz CT molecular complexity index is 819. The van der Waals surface area contributed by atoms with E-state index in [4.69, 9.17) is 11.6 Å². The molecule has 0 unspecified atom stereocenters. The number of rotatable bonds is 2. The quantitative estimate of drug-likeness (QED) is 0.725. The van der Waals surface area contributed by atoms with Crippen molar-refractivity contribution < 1.29 is 0 Å². The number of benzene rings is 1. The third kappa shape index (κ3) is 2.78. The van der Waals surface area contributed by atoms with E-state index in [1.54, 1.807) is 10.6 Å². The third-order valence-electron chi connectivity index (χ3n) is 4.36. The zero-order valence-electron chi connectivity index (χ0n) is 13.0. The molecule has 6 heteroatoms. The lowest BCUT2D eigenvalue weighted by molar-refractivity contribution is 0.313. The van der Waals surface area contributed by atoms with Crippen molar-refractivity contribution >= 4 is 22.9 Å². The topological polar surface area (TPSA) is 36.7 Å². The summed E-state index contributed by atoms with van der Waals surface area (Å²) in [6.45, 7) is 4.36. The van der Waals surface area contributed by atoms with E-state index < -0.39 is 0 Å². The summed E-state index contributed by atoms with van der Waals surface area (Å²) in [5.41, 5.74) is 4.10. The zero-order chi connectivity index (χ0) is 15.8. The maximum Gasteiger partial charge on any atom is 0.154 e. The first-order chi connectivity index (χ1) is 11.2. The van der Waals surface area contributed by atoms with Crippen LogP contribution in [-0.2, 0) is 0 Å². The number of hydrogen-bond donors (Lipinski definition) is 0. The van der Waals surface area contributed by atoms with Crippen LogP contribution in [0.15, 0.2) is 42.6 Å². The number of halogens is 1. The molecule has 0 bridgehead atoms. The molecule has 1 aliphatic rings. The molecule has 0 amide bonds. The van der Waals surface area contributed by atoms with Crippen molar-refractivity contribution in [1.29, 1.82) is 0 Å². The van der Waals surface area contributed by atoms with Gasteiger partial charge in [-0.3, -0.25) is 0 Å². The molecule has 3 heterocycles. The van der Waals surface area contributed by atoms with Gasteiger partial charge in [0.2, 0.25) is 0 Å². The smallest absolute Gasteiger partial charge is 0.154 e. The number of imidazole rings is 1. The molecule has 5 nitrogen and oxygen atoms in total. The molecule has 0 radical (unpaired) electrons. The second-order valence-corrected chi connectivity index (χ2v) is 6.29. The van der Waals surface area contributed by atoms with Crippen molar-refractivity contribution in [2.45, 2.75) is 0 Å². The lowest BCUT2D eigenvalue weighted by Crippen LogP contribution is -2.44. The lowest BCUT2D eigenvalue weighted by atomic mass is 10.1. The van der Waals surface area contributed by atoms with E-state index in [-0.39, 0.29) is 0 Å². The fourth-order valence-electron chi connectivity index (χ4n) is 2.96. The van der Waals surface area contributed by atoms with Crippen LogP contribution in [-0.4, -0.2) is 52.7 Å². The van der Waals surface area contributed by atoms with Gasteiger partial charge in [0.1, 0.15) is 5.15 Å². The van der Waals surface area contributed by atoms with Crippen molar-refractivity contribution in [1.82, 2.24) is 19.5 Å². The fraction of sp³-hybridized carbons (Fsp3) is 0.294. The number of nitrogens with zero attached hydrogens (tertiary/aromatic N) is 5. The molecule has 4 rings (SSSR count). The maximum atomic E-state index is 6.00. The van der Waals surface area contributed by atoms with Gasteiger partial charge < -0.3 is 9.80 Å². The van der Waals surface area contributed by atoms with E-state index in [9.17, 15) is 0 Å². The molecule has 118 valence electrons. The number of aromatic nitrogens is 3. The van der Waals surface area contributed by atoms with Crippen LogP contribution in [0.25, 0.3) is 16.9 Å². The second kappa shape index (κ2) is 5.83. The summed E-state index contributed by atoms with van der Waals surface area (Å²) in [7, 11) is 2.17. The summed E-state index contributed by atoms with van der Waals surface area (Å²) < 4.78 is 1.78. The molecule has 0 atom stereocenters. The molecule has 1 saturated heterocycles. The minimum Gasteiger partial charge on any atom is -0.369 e. The first-order valence-electron chi connectivity index (χ1n) is 7.75. The van der Waals surface area contributed by atoms with E-state index in [1.165, 1.54) is 5.69 Å². The molecule has 2 aromatic heterocycles. The Labute approximate surface area is 140 Å². The molecule has 0 aliphatic carbocycles. The van der Waals surface area contributed by atoms with Gasteiger partial charge in [-0.15, -0.1) is 0 Å². The van der Waals surface area contributed by atoms with Gasteiger partial charge in [-0.05, 0) is 31.3 Å². The molecule has 1 fully saturated rings. The highest BCUT2D eigenvalue weighted by atomic mass is 35.5. The minimum absolute atomic E-state index is 0.464. The molecule has 3 aromatic rings. The Hall–Kier alpha value is -2.11. The van der Waals surface area contributed by atoms with Crippen LogP contribution in [0.5, 0.6) is 0 Å². The number of piperazine rings is 1. The lowest BCUT2D eigenvalue weighted by Gasteiger charge is -2.34. The fourth-order valence-corrected chi connectivity index (χ4v) is 3.09. The van der Waals surface area contributed by atoms with E-state index in [2.05, 4.69) is 51.2 Å². The van der Waals surface area contributed by atoms with Crippen LogP contribution in [0.1, 0.15) is 0 Å². The van der Waals surface area contributed by atoms with Gasteiger partial charge in [-0.2, -0.15) is 5.10 Å². The highest BCUT2D eigenvalue weighted by Crippen LogP contribution is 2.24. The van der Waals surface area contributed by atoms with Crippen molar-refractivity contribution in [2.24, 2.45) is 0 Å². The van der Waals surface area contributed by atoms with E-state index in [0.717, 1.165) is 43.1 Å². The zero-order valence-corrected chi connectivity index (χ0v) is 13.7. The van der Waals surface area contributed by atoms with Gasteiger partial charge in [0, 0.05) is 37.4 Å². The highest BCUT2D eigenvalue weighted by Gasteiger charge is 2.14. The number of fused-ring (bicyclic) bond motifs is 1. The van der Waals surface area contributed by atoms with Gasteiger partial charge in [0.05, 0.1) is 11.9 Å². The van der Waals surface area contributed by atoms with Gasteiger partial charge in [-0.25, -0.2) is 9.50 Å². The van der Waals surface area contributed by atoms with Crippen LogP contribution in [0, 0.1) is 0 Å². The maximum absolute atomic E-state index is 6.00. The summed E-state index contributed by atoms with van der Waals surface area (Å²) in [6, 6.07) is 12.2. The van der Waals surface area contributed by atoms with Gasteiger partial charge >= 0.3 is 0 Å². The molecular formula is C17H18ClN5. The van der Waals surface area contributed by atoms with Gasteiger partial charge in [-0.1, -0.05) is 23.7 Å². The Morgan fingerprint density at radius 1 is 0.957 bits per heavy atom. The summed E-state index contributed by atoms with van der Waals surface area (Å²) in [5.74, 6) is 0. The Balaban J connectivity index is 1.63. The number of hydrogen-bond acceptors (Lipinski definition) is 4. The highest BCUT2D eigenvalue weighted by molar-refractivity contribution is 6.29. The summed E-state index contributed by atoms with van der Waals surface area (Å²) in [5, 5.41) is 4.80. The van der Waals surface area contributed by atoms with Crippen molar-refractivity contribution in [2.75, 3.05) is 38.1 Å². The number of likely N-dealkylation sites (N-methyl/N-ethyl adjacent to an activating group) is 1. The van der Waals surface area contributed by atoms with E-state index >= 15 is 0 Å².